The second-order valence-electron chi connectivity index (χ2n) is 4.17. The molecule has 0 bridgehead atoms. The van der Waals surface area contributed by atoms with Crippen LogP contribution in [0.5, 0.6) is 17.5 Å². The van der Waals surface area contributed by atoms with Crippen molar-refractivity contribution in [3.8, 4) is 17.5 Å². The van der Waals surface area contributed by atoms with E-state index >= 15 is 0 Å². The molecule has 7 nitrogen and oxygen atoms in total. The highest BCUT2D eigenvalue weighted by Gasteiger charge is 2.08. The Balaban J connectivity index is 2.27. The molecule has 0 spiro atoms. The first-order valence-corrected chi connectivity index (χ1v) is 6.36. The lowest BCUT2D eigenvalue weighted by molar-refractivity contribution is 0.318. The van der Waals surface area contributed by atoms with Crippen LogP contribution in [0.4, 0.5) is 0 Å². The number of rotatable bonds is 5. The van der Waals surface area contributed by atoms with Crippen molar-refractivity contribution >= 4 is 5.84 Å². The summed E-state index contributed by atoms with van der Waals surface area (Å²) in [6, 6.07) is 8.84. The van der Waals surface area contributed by atoms with E-state index in [0.717, 1.165) is 0 Å². The molecule has 1 heterocycles. The third-order valence-electron chi connectivity index (χ3n) is 2.53. The van der Waals surface area contributed by atoms with E-state index in [9.17, 15) is 0 Å². The van der Waals surface area contributed by atoms with Gasteiger partial charge in [0.05, 0.1) is 6.61 Å². The predicted octanol–water partition coefficient (Wildman–Crippen LogP) is 2.07. The van der Waals surface area contributed by atoms with Crippen molar-refractivity contribution in [3.63, 3.8) is 0 Å². The minimum atomic E-state index is -0.103. The van der Waals surface area contributed by atoms with Crippen molar-refractivity contribution in [2.45, 2.75) is 13.8 Å². The van der Waals surface area contributed by atoms with Gasteiger partial charge in [-0.3, -0.25) is 0 Å². The molecule has 0 aliphatic heterocycles. The van der Waals surface area contributed by atoms with Crippen LogP contribution in [0.1, 0.15) is 18.3 Å². The van der Waals surface area contributed by atoms with Gasteiger partial charge in [-0.15, -0.1) is 0 Å². The number of oxime groups is 1. The summed E-state index contributed by atoms with van der Waals surface area (Å²) in [6.07, 6.45) is 0. The van der Waals surface area contributed by atoms with Crippen LogP contribution in [0.3, 0.4) is 0 Å². The lowest BCUT2D eigenvalue weighted by Crippen LogP contribution is -2.16. The quantitative estimate of drug-likeness (QED) is 0.378. The second-order valence-corrected chi connectivity index (χ2v) is 4.17. The molecule has 2 rings (SSSR count). The van der Waals surface area contributed by atoms with Crippen molar-refractivity contribution < 1.29 is 14.7 Å². The van der Waals surface area contributed by atoms with Crippen LogP contribution >= 0.6 is 0 Å². The van der Waals surface area contributed by atoms with Gasteiger partial charge in [0.25, 0.3) is 0 Å². The summed E-state index contributed by atoms with van der Waals surface area (Å²) in [4.78, 5) is 8.24. The molecule has 0 atom stereocenters. The topological polar surface area (TPSA) is 103 Å². The zero-order chi connectivity index (χ0) is 15.2. The van der Waals surface area contributed by atoms with Crippen molar-refractivity contribution in [2.24, 2.45) is 10.9 Å². The van der Waals surface area contributed by atoms with E-state index in [1.54, 1.807) is 31.2 Å². The van der Waals surface area contributed by atoms with E-state index < -0.39 is 0 Å². The zero-order valence-electron chi connectivity index (χ0n) is 11.8. The van der Waals surface area contributed by atoms with E-state index in [1.165, 1.54) is 0 Å². The van der Waals surface area contributed by atoms with E-state index in [2.05, 4.69) is 15.1 Å². The maximum Gasteiger partial charge on any atom is 0.322 e. The summed E-state index contributed by atoms with van der Waals surface area (Å²) in [5.74, 6) is 1.13. The molecule has 1 aromatic carbocycles. The molecule has 0 aliphatic carbocycles. The molecule has 110 valence electrons. The third-order valence-corrected chi connectivity index (χ3v) is 2.53. The summed E-state index contributed by atoms with van der Waals surface area (Å²) < 4.78 is 11.0. The standard InChI is InChI=1S/C14H16N4O3/c1-3-20-10-5-4-6-11(8-10)21-14-16-9(2)7-12(17-14)13(15)18-19/h4-8,19H,3H2,1-2H3,(H2,15,18). The van der Waals surface area contributed by atoms with Crippen LogP contribution in [0.15, 0.2) is 35.5 Å². The number of aryl methyl sites for hydroxylation is 1. The smallest absolute Gasteiger partial charge is 0.322 e. The summed E-state index contributed by atoms with van der Waals surface area (Å²) >= 11 is 0. The Labute approximate surface area is 122 Å². The van der Waals surface area contributed by atoms with Gasteiger partial charge in [0.1, 0.15) is 17.2 Å². The van der Waals surface area contributed by atoms with E-state index in [4.69, 9.17) is 20.4 Å². The van der Waals surface area contributed by atoms with Crippen molar-refractivity contribution in [1.29, 1.82) is 0 Å². The van der Waals surface area contributed by atoms with Gasteiger partial charge in [0, 0.05) is 11.8 Å². The normalized spacial score (nSPS) is 11.2. The molecule has 21 heavy (non-hydrogen) atoms. The third kappa shape index (κ3) is 3.82. The van der Waals surface area contributed by atoms with Gasteiger partial charge in [-0.2, -0.15) is 4.98 Å². The number of hydrogen-bond acceptors (Lipinski definition) is 6. The number of hydrogen-bond donors (Lipinski definition) is 2. The molecule has 0 radical (unpaired) electrons. The Morgan fingerprint density at radius 2 is 2.05 bits per heavy atom. The maximum atomic E-state index is 8.70. The van der Waals surface area contributed by atoms with Gasteiger partial charge in [-0.25, -0.2) is 4.98 Å². The van der Waals surface area contributed by atoms with Crippen LogP contribution in [0.25, 0.3) is 0 Å². The number of ether oxygens (including phenoxy) is 2. The monoisotopic (exact) mass is 288 g/mol. The SMILES string of the molecule is CCOc1cccc(Oc2nc(C)cc(/C(N)=N/O)n2)c1. The summed E-state index contributed by atoms with van der Waals surface area (Å²) in [5.41, 5.74) is 6.46. The van der Waals surface area contributed by atoms with Gasteiger partial charge in [0.2, 0.25) is 0 Å². The second kappa shape index (κ2) is 6.56. The van der Waals surface area contributed by atoms with Gasteiger partial charge in [-0.1, -0.05) is 11.2 Å². The molecule has 7 heteroatoms. The highest BCUT2D eigenvalue weighted by atomic mass is 16.5. The van der Waals surface area contributed by atoms with E-state index in [0.29, 0.717) is 29.5 Å². The largest absolute Gasteiger partial charge is 0.494 e. The number of amidine groups is 1. The Bertz CT molecular complexity index is 658. The first-order chi connectivity index (χ1) is 10.1. The summed E-state index contributed by atoms with van der Waals surface area (Å²) in [5, 5.41) is 11.6. The van der Waals surface area contributed by atoms with Crippen molar-refractivity contribution in [1.82, 2.24) is 9.97 Å². The lowest BCUT2D eigenvalue weighted by Gasteiger charge is -2.08. The fourth-order valence-electron chi connectivity index (χ4n) is 1.67. The number of nitrogens with zero attached hydrogens (tertiary/aromatic N) is 3. The van der Waals surface area contributed by atoms with E-state index in [1.807, 2.05) is 13.0 Å². The molecule has 0 amide bonds. The fraction of sp³-hybridized carbons (Fsp3) is 0.214. The number of benzene rings is 1. The van der Waals surface area contributed by atoms with Crippen LogP contribution in [-0.4, -0.2) is 27.6 Å². The van der Waals surface area contributed by atoms with Gasteiger partial charge < -0.3 is 20.4 Å². The Morgan fingerprint density at radius 1 is 1.29 bits per heavy atom. The molecule has 0 unspecified atom stereocenters. The molecule has 0 aliphatic rings. The van der Waals surface area contributed by atoms with Crippen molar-refractivity contribution in [2.75, 3.05) is 6.61 Å². The molecule has 2 aromatic rings. The molecule has 0 saturated heterocycles. The van der Waals surface area contributed by atoms with Crippen LogP contribution in [-0.2, 0) is 0 Å². The average Bonchev–Trinajstić information content (AvgIpc) is 2.46. The fourth-order valence-corrected chi connectivity index (χ4v) is 1.67. The van der Waals surface area contributed by atoms with Crippen LogP contribution in [0.2, 0.25) is 0 Å². The van der Waals surface area contributed by atoms with Gasteiger partial charge in [-0.05, 0) is 32.0 Å². The molecule has 1 aromatic heterocycles. The Hall–Kier alpha value is -2.83. The Morgan fingerprint density at radius 3 is 2.76 bits per heavy atom. The number of nitrogens with two attached hydrogens (primary N) is 1. The predicted molar refractivity (Wildman–Crippen MR) is 77.0 cm³/mol. The first kappa shape index (κ1) is 14.6. The average molecular weight is 288 g/mol. The van der Waals surface area contributed by atoms with Crippen LogP contribution < -0.4 is 15.2 Å². The van der Waals surface area contributed by atoms with Gasteiger partial charge in [0.15, 0.2) is 5.84 Å². The Kier molecular flexibility index (Phi) is 4.55. The molecule has 0 fully saturated rings. The minimum absolute atomic E-state index is 0.103. The van der Waals surface area contributed by atoms with E-state index in [-0.39, 0.29) is 11.8 Å². The first-order valence-electron chi connectivity index (χ1n) is 6.36. The summed E-state index contributed by atoms with van der Waals surface area (Å²) in [6.45, 7) is 4.23. The van der Waals surface area contributed by atoms with Crippen LogP contribution in [0, 0.1) is 6.92 Å². The van der Waals surface area contributed by atoms with Gasteiger partial charge >= 0.3 is 6.01 Å². The molecule has 0 saturated carbocycles. The highest BCUT2D eigenvalue weighted by Crippen LogP contribution is 2.23. The molecular weight excluding hydrogens is 272 g/mol. The summed E-state index contributed by atoms with van der Waals surface area (Å²) in [7, 11) is 0. The molecular formula is C14H16N4O3. The lowest BCUT2D eigenvalue weighted by atomic mass is 10.3. The van der Waals surface area contributed by atoms with Crippen molar-refractivity contribution in [3.05, 3.63) is 41.7 Å². The maximum absolute atomic E-state index is 8.70. The minimum Gasteiger partial charge on any atom is -0.494 e. The highest BCUT2D eigenvalue weighted by molar-refractivity contribution is 5.95. The zero-order valence-corrected chi connectivity index (χ0v) is 11.8. The molecule has 3 N–H and O–H groups in total. The number of aromatic nitrogens is 2.